The lowest BCUT2D eigenvalue weighted by Crippen LogP contribution is -2.28. The van der Waals surface area contributed by atoms with Gasteiger partial charge in [0, 0.05) is 13.1 Å². The maximum atomic E-state index is 13.1. The van der Waals surface area contributed by atoms with Crippen molar-refractivity contribution in [2.75, 3.05) is 19.7 Å². The van der Waals surface area contributed by atoms with Crippen molar-refractivity contribution in [1.82, 2.24) is 4.90 Å². The highest BCUT2D eigenvalue weighted by molar-refractivity contribution is 8.18. The third kappa shape index (κ3) is 5.60. The lowest BCUT2D eigenvalue weighted by Gasteiger charge is -2.15. The Morgan fingerprint density at radius 1 is 1.16 bits per heavy atom. The van der Waals surface area contributed by atoms with Gasteiger partial charge in [-0.1, -0.05) is 23.7 Å². The van der Waals surface area contributed by atoms with Crippen LogP contribution in [0.4, 0.5) is 4.39 Å². The van der Waals surface area contributed by atoms with Crippen LogP contribution in [0.3, 0.4) is 0 Å². The number of benzene rings is 2. The maximum Gasteiger partial charge on any atom is 0.266 e. The maximum absolute atomic E-state index is 13.1. The van der Waals surface area contributed by atoms with E-state index in [9.17, 15) is 9.18 Å². The molecule has 0 aromatic heterocycles. The number of nitrogens with zero attached hydrogens (tertiary/aromatic N) is 2. The number of rotatable bonds is 8. The summed E-state index contributed by atoms with van der Waals surface area (Å²) in [5.41, 5.74) is 1.54. The van der Waals surface area contributed by atoms with Crippen molar-refractivity contribution < 1.29 is 18.7 Å². The molecule has 0 aliphatic carbocycles. The molecule has 0 atom stereocenters. The van der Waals surface area contributed by atoms with E-state index in [1.165, 1.54) is 23.9 Å². The summed E-state index contributed by atoms with van der Waals surface area (Å²) in [6.07, 6.45) is 1.78. The Labute approximate surface area is 190 Å². The highest BCUT2D eigenvalue weighted by Crippen LogP contribution is 2.39. The highest BCUT2D eigenvalue weighted by Gasteiger charge is 2.32. The van der Waals surface area contributed by atoms with Gasteiger partial charge in [0.05, 0.1) is 16.5 Å². The third-order valence-electron chi connectivity index (χ3n) is 4.42. The van der Waals surface area contributed by atoms with Gasteiger partial charge in [-0.05, 0) is 74.0 Å². The molecule has 1 saturated heterocycles. The van der Waals surface area contributed by atoms with Gasteiger partial charge in [-0.15, -0.1) is 0 Å². The molecule has 1 aliphatic heterocycles. The fourth-order valence-corrected chi connectivity index (χ4v) is 4.38. The van der Waals surface area contributed by atoms with Crippen molar-refractivity contribution in [1.29, 1.82) is 0 Å². The number of amides is 1. The molecule has 164 valence electrons. The van der Waals surface area contributed by atoms with Gasteiger partial charge in [-0.3, -0.25) is 14.7 Å². The van der Waals surface area contributed by atoms with Crippen molar-refractivity contribution in [2.24, 2.45) is 4.99 Å². The minimum absolute atomic E-state index is 0.0783. The smallest absolute Gasteiger partial charge is 0.266 e. The van der Waals surface area contributed by atoms with Crippen LogP contribution in [-0.2, 0) is 11.4 Å². The quantitative estimate of drug-likeness (QED) is 0.467. The van der Waals surface area contributed by atoms with Gasteiger partial charge in [0.25, 0.3) is 5.91 Å². The molecule has 0 saturated carbocycles. The Morgan fingerprint density at radius 3 is 2.55 bits per heavy atom. The number of amidine groups is 1. The van der Waals surface area contributed by atoms with E-state index in [4.69, 9.17) is 21.1 Å². The lowest BCUT2D eigenvalue weighted by molar-refractivity contribution is -0.122. The SMILES string of the molecule is CCN=C1S/C(=C\c2cc(Cl)c(OCc3ccc(F)cc3)c(OCC)c2)C(=O)N1CC. The summed E-state index contributed by atoms with van der Waals surface area (Å²) in [5.74, 6) is 0.505. The second-order valence-electron chi connectivity index (χ2n) is 6.60. The number of carbonyl (C=O) groups is 1. The first-order chi connectivity index (χ1) is 15.0. The summed E-state index contributed by atoms with van der Waals surface area (Å²) < 4.78 is 24.7. The third-order valence-corrected chi connectivity index (χ3v) is 5.75. The number of carbonyl (C=O) groups excluding carboxylic acids is 1. The van der Waals surface area contributed by atoms with Crippen LogP contribution in [0.1, 0.15) is 31.9 Å². The van der Waals surface area contributed by atoms with E-state index < -0.39 is 0 Å². The Hall–Kier alpha value is -2.51. The topological polar surface area (TPSA) is 51.1 Å². The Kier molecular flexibility index (Phi) is 7.98. The number of likely N-dealkylation sites (N-methyl/N-ethyl adjacent to an activating group) is 1. The first kappa shape index (κ1) is 23.2. The first-order valence-electron chi connectivity index (χ1n) is 10.1. The number of halogens is 2. The van der Waals surface area contributed by atoms with Crippen molar-refractivity contribution >= 4 is 40.5 Å². The summed E-state index contributed by atoms with van der Waals surface area (Å²) in [6, 6.07) is 9.59. The molecule has 1 fully saturated rings. The molecule has 5 nitrogen and oxygen atoms in total. The fraction of sp³-hybridized carbons (Fsp3) is 0.304. The second kappa shape index (κ2) is 10.7. The number of thioether (sulfide) groups is 1. The van der Waals surface area contributed by atoms with E-state index in [1.807, 2.05) is 20.8 Å². The van der Waals surface area contributed by atoms with Crippen LogP contribution in [0.5, 0.6) is 11.5 Å². The minimum atomic E-state index is -0.303. The lowest BCUT2D eigenvalue weighted by atomic mass is 10.1. The van der Waals surface area contributed by atoms with E-state index in [0.29, 0.717) is 46.3 Å². The molecule has 0 N–H and O–H groups in total. The number of ether oxygens (including phenoxy) is 2. The van der Waals surface area contributed by atoms with Crippen molar-refractivity contribution in [3.8, 4) is 11.5 Å². The second-order valence-corrected chi connectivity index (χ2v) is 8.01. The van der Waals surface area contributed by atoms with E-state index in [1.54, 1.807) is 35.2 Å². The van der Waals surface area contributed by atoms with E-state index in [0.717, 1.165) is 11.1 Å². The average Bonchev–Trinajstić information content (AvgIpc) is 3.03. The fourth-order valence-electron chi connectivity index (χ4n) is 3.00. The monoisotopic (exact) mass is 462 g/mol. The standard InChI is InChI=1S/C23H24ClFN2O3S/c1-4-26-23-27(5-2)22(28)20(31-23)13-16-11-18(24)21(19(12-16)29-6-3)30-14-15-7-9-17(25)10-8-15/h7-13H,4-6,14H2,1-3H3/b20-13-,26-23?. The van der Waals surface area contributed by atoms with Crippen LogP contribution >= 0.6 is 23.4 Å². The Morgan fingerprint density at radius 2 is 1.90 bits per heavy atom. The number of hydrogen-bond donors (Lipinski definition) is 0. The predicted molar refractivity (Wildman–Crippen MR) is 124 cm³/mol. The van der Waals surface area contributed by atoms with Gasteiger partial charge >= 0.3 is 0 Å². The van der Waals surface area contributed by atoms with Crippen LogP contribution in [-0.4, -0.2) is 35.7 Å². The van der Waals surface area contributed by atoms with Gasteiger partial charge in [0.15, 0.2) is 16.7 Å². The van der Waals surface area contributed by atoms with Gasteiger partial charge in [0.2, 0.25) is 0 Å². The summed E-state index contributed by atoms with van der Waals surface area (Å²) in [7, 11) is 0. The van der Waals surface area contributed by atoms with Crippen molar-refractivity contribution in [3.63, 3.8) is 0 Å². The molecule has 1 amide bonds. The Balaban J connectivity index is 1.87. The van der Waals surface area contributed by atoms with Crippen molar-refractivity contribution in [3.05, 3.63) is 63.3 Å². The molecule has 3 rings (SSSR count). The number of hydrogen-bond acceptors (Lipinski definition) is 5. The Bertz CT molecular complexity index is 1010. The molecule has 1 heterocycles. The van der Waals surface area contributed by atoms with E-state index in [-0.39, 0.29) is 18.3 Å². The van der Waals surface area contributed by atoms with Gasteiger partial charge in [-0.2, -0.15) is 0 Å². The molecule has 2 aromatic rings. The molecule has 0 bridgehead atoms. The van der Waals surface area contributed by atoms with Crippen LogP contribution in [0.2, 0.25) is 5.02 Å². The summed E-state index contributed by atoms with van der Waals surface area (Å²) in [4.78, 5) is 19.4. The molecule has 0 unspecified atom stereocenters. The predicted octanol–water partition coefficient (Wildman–Crippen LogP) is 5.77. The largest absolute Gasteiger partial charge is 0.490 e. The zero-order chi connectivity index (χ0) is 22.4. The van der Waals surface area contributed by atoms with E-state index >= 15 is 0 Å². The zero-order valence-corrected chi connectivity index (χ0v) is 19.2. The molecular weight excluding hydrogens is 439 g/mol. The molecule has 1 aliphatic rings. The molecule has 8 heteroatoms. The molecule has 2 aromatic carbocycles. The molecule has 0 radical (unpaired) electrons. The normalized spacial score (nSPS) is 16.4. The summed E-state index contributed by atoms with van der Waals surface area (Å²) in [5, 5.41) is 1.07. The van der Waals surface area contributed by atoms with Gasteiger partial charge in [-0.25, -0.2) is 4.39 Å². The average molecular weight is 463 g/mol. The molecule has 0 spiro atoms. The number of aliphatic imine (C=N–C) groups is 1. The van der Waals surface area contributed by atoms with Crippen LogP contribution < -0.4 is 9.47 Å². The van der Waals surface area contributed by atoms with Gasteiger partial charge in [0.1, 0.15) is 12.4 Å². The van der Waals surface area contributed by atoms with Crippen LogP contribution in [0.15, 0.2) is 46.3 Å². The van der Waals surface area contributed by atoms with Crippen LogP contribution in [0.25, 0.3) is 6.08 Å². The van der Waals surface area contributed by atoms with Crippen LogP contribution in [0, 0.1) is 5.82 Å². The van der Waals surface area contributed by atoms with E-state index in [2.05, 4.69) is 4.99 Å². The molecule has 31 heavy (non-hydrogen) atoms. The molecular formula is C23H24ClFN2O3S. The first-order valence-corrected chi connectivity index (χ1v) is 11.3. The zero-order valence-electron chi connectivity index (χ0n) is 17.7. The summed E-state index contributed by atoms with van der Waals surface area (Å²) in [6.45, 7) is 7.54. The highest BCUT2D eigenvalue weighted by atomic mass is 35.5. The van der Waals surface area contributed by atoms with Gasteiger partial charge < -0.3 is 9.47 Å². The summed E-state index contributed by atoms with van der Waals surface area (Å²) >= 11 is 7.85. The minimum Gasteiger partial charge on any atom is -0.490 e. The van der Waals surface area contributed by atoms with Crippen molar-refractivity contribution in [2.45, 2.75) is 27.4 Å².